The maximum absolute atomic E-state index is 13.3. The van der Waals surface area contributed by atoms with Gasteiger partial charge in [-0.2, -0.15) is 0 Å². The van der Waals surface area contributed by atoms with Gasteiger partial charge in [0.1, 0.15) is 0 Å². The molecule has 0 spiro atoms. The molecule has 0 radical (unpaired) electrons. The molecule has 22 nitrogen and oxygen atoms in total. The summed E-state index contributed by atoms with van der Waals surface area (Å²) >= 11 is 0. The molecule has 0 aliphatic heterocycles. The van der Waals surface area contributed by atoms with Gasteiger partial charge in [-0.1, -0.05) is 39.0 Å². The quantitative estimate of drug-likeness (QED) is 0.0340. The Morgan fingerprint density at radius 3 is 0.714 bits per heavy atom. The maximum atomic E-state index is 13.3. The van der Waals surface area contributed by atoms with Crippen LogP contribution in [0.5, 0.6) is 0 Å². The molecular formula is C62H122O22. The molecule has 84 heavy (non-hydrogen) atoms. The van der Waals surface area contributed by atoms with E-state index >= 15 is 0 Å². The fourth-order valence-electron chi connectivity index (χ4n) is 11.8. The van der Waals surface area contributed by atoms with Crippen LogP contribution in [-0.4, -0.2) is 201 Å². The van der Waals surface area contributed by atoms with Crippen molar-refractivity contribution in [3.63, 3.8) is 0 Å². The van der Waals surface area contributed by atoms with Gasteiger partial charge in [-0.25, -0.2) is 4.79 Å². The molecule has 0 aliphatic rings. The summed E-state index contributed by atoms with van der Waals surface area (Å²) in [5.41, 5.74) is -0.235. The van der Waals surface area contributed by atoms with Gasteiger partial charge in [0.05, 0.1) is 0 Å². The van der Waals surface area contributed by atoms with Crippen molar-refractivity contribution < 1.29 is 105 Å². The van der Waals surface area contributed by atoms with Crippen molar-refractivity contribution in [3.05, 3.63) is 11.6 Å². The van der Waals surface area contributed by atoms with Gasteiger partial charge in [0.2, 0.25) is 5.79 Å². The van der Waals surface area contributed by atoms with E-state index in [-0.39, 0.29) is 144 Å². The van der Waals surface area contributed by atoms with E-state index in [1.165, 1.54) is 13.0 Å². The smallest absolute Gasteiger partial charge is 0.331 e. The van der Waals surface area contributed by atoms with Crippen molar-refractivity contribution in [3.8, 4) is 0 Å². The minimum Gasteiger partial charge on any atom is -0.478 e. The summed E-state index contributed by atoms with van der Waals surface area (Å²) in [4.78, 5) is 13.3. The summed E-state index contributed by atoms with van der Waals surface area (Å²) in [6.07, 6.45) is 6.90. The third-order valence-electron chi connectivity index (χ3n) is 13.6. The van der Waals surface area contributed by atoms with E-state index < -0.39 is 63.8 Å². The lowest BCUT2D eigenvalue weighted by Crippen LogP contribution is -2.95. The van der Waals surface area contributed by atoms with Crippen LogP contribution < -0.4 is 0 Å². The molecule has 0 aliphatic carbocycles. The number of rotatable bonds is 58. The van der Waals surface area contributed by atoms with E-state index in [9.17, 15) is 9.90 Å². The first kappa shape index (κ1) is 82.4. The van der Waals surface area contributed by atoms with Crippen molar-refractivity contribution in [2.24, 2.45) is 0 Å². The fraction of sp³-hybridized carbons (Fsp3) is 0.952. The molecule has 0 rings (SSSR count). The van der Waals surface area contributed by atoms with Crippen LogP contribution in [0.4, 0.5) is 0 Å². The van der Waals surface area contributed by atoms with Crippen molar-refractivity contribution in [1.82, 2.24) is 0 Å². The van der Waals surface area contributed by atoms with Crippen molar-refractivity contribution in [1.29, 1.82) is 0 Å². The Morgan fingerprint density at radius 2 is 0.476 bits per heavy atom. The van der Waals surface area contributed by atoms with Crippen LogP contribution >= 0.6 is 0 Å². The third kappa shape index (κ3) is 16.1. The van der Waals surface area contributed by atoms with Crippen LogP contribution in [-0.2, 0) is 99.5 Å². The predicted octanol–water partition coefficient (Wildman–Crippen LogP) is 11.5. The highest BCUT2D eigenvalue weighted by atomic mass is 16.9. The molecule has 22 heteroatoms. The first-order chi connectivity index (χ1) is 40.4. The number of carboxylic acid groups (broad SMARTS) is 1. The second kappa shape index (κ2) is 41.7. The molecule has 0 saturated heterocycles. The summed E-state index contributed by atoms with van der Waals surface area (Å²) < 4.78 is 148. The molecule has 0 bridgehead atoms. The van der Waals surface area contributed by atoms with E-state index in [2.05, 4.69) is 6.92 Å². The predicted molar refractivity (Wildman–Crippen MR) is 319 cm³/mol. The minimum absolute atomic E-state index is 0.0575. The normalized spacial score (nSPS) is 14.1. The first-order valence-electron chi connectivity index (χ1n) is 32.1. The first-order valence-corrected chi connectivity index (χ1v) is 32.1. The van der Waals surface area contributed by atoms with E-state index in [1.54, 1.807) is 111 Å². The van der Waals surface area contributed by atoms with Crippen LogP contribution in [0.2, 0.25) is 0 Å². The summed E-state index contributed by atoms with van der Waals surface area (Å²) in [6, 6.07) is 0. The summed E-state index contributed by atoms with van der Waals surface area (Å²) in [5, 5.41) is 10.8. The molecule has 502 valence electrons. The molecule has 1 N–H and O–H groups in total. The molecule has 0 aromatic heterocycles. The second-order valence-electron chi connectivity index (χ2n) is 18.7. The van der Waals surface area contributed by atoms with Gasteiger partial charge in [-0.05, 0) is 158 Å². The van der Waals surface area contributed by atoms with Gasteiger partial charge in [0, 0.05) is 144 Å². The molecule has 0 aromatic rings. The topological polar surface area (TPSA) is 222 Å². The lowest BCUT2D eigenvalue weighted by atomic mass is 9.72. The number of hydrogen-bond donors (Lipinski definition) is 1. The highest BCUT2D eigenvalue weighted by Crippen LogP contribution is 2.65. The van der Waals surface area contributed by atoms with Gasteiger partial charge in [0.15, 0.2) is 0 Å². The van der Waals surface area contributed by atoms with E-state index in [1.807, 2.05) is 27.7 Å². The summed E-state index contributed by atoms with van der Waals surface area (Å²) in [6.45, 7) is 35.3. The highest BCUT2D eigenvalue weighted by molar-refractivity contribution is 5.86. The maximum Gasteiger partial charge on any atom is 0.331 e. The molecule has 0 aromatic carbocycles. The standard InChI is InChI=1S/C62H122O22/c1-23-44-45-46-47-48-49-53(65-24-2,66-25-3)55(69-28-6,70-29-7)57(73-32-10,74-33-11)59(77-36-14,78-37-15)61(81-40-18,82-41-19)62(83-42-20,84-43-21)60(79-38-16,80-39-17)58(75-34-12,76-35-13)56(71-30-8,72-31-9)54(67-26-4,68-27-5)50-51(22)52(63)64/h50H,23-49H2,1-22H3,(H,63,64). The largest absolute Gasteiger partial charge is 0.478 e. The molecule has 0 atom stereocenters. The van der Waals surface area contributed by atoms with Crippen molar-refractivity contribution >= 4 is 5.97 Å². The number of ether oxygens (including phenoxy) is 20. The zero-order chi connectivity index (χ0) is 64.1. The van der Waals surface area contributed by atoms with Crippen LogP contribution in [0.15, 0.2) is 11.6 Å². The molecule has 0 heterocycles. The van der Waals surface area contributed by atoms with Gasteiger partial charge in [0.25, 0.3) is 52.1 Å². The Hall–Kier alpha value is -1.59. The molecule has 0 saturated carbocycles. The summed E-state index contributed by atoms with van der Waals surface area (Å²) in [7, 11) is 0. The van der Waals surface area contributed by atoms with Gasteiger partial charge in [-0.15, -0.1) is 0 Å². The van der Waals surface area contributed by atoms with E-state index in [0.717, 1.165) is 32.1 Å². The molecule has 0 unspecified atom stereocenters. The zero-order valence-corrected chi connectivity index (χ0v) is 56.7. The van der Waals surface area contributed by atoms with Gasteiger partial charge in [-0.3, -0.25) is 0 Å². The zero-order valence-electron chi connectivity index (χ0n) is 56.7. The SMILES string of the molecule is CCCCCCCCC(OCC)(OCC)C(OCC)(OCC)C(OCC)(OCC)C(OCC)(OCC)C(OCC)(OCC)C(OCC)(OCC)C(OCC)(OCC)C(OCC)(OCC)C(OCC)(OCC)C(C=C(C)C(=O)O)(OCC)OCC. The Bertz CT molecular complexity index is 1650. The van der Waals surface area contributed by atoms with Crippen molar-refractivity contribution in [2.75, 3.05) is 132 Å². The molecule has 0 fully saturated rings. The summed E-state index contributed by atoms with van der Waals surface area (Å²) in [5.74, 6) is -28.2. The number of aliphatic carboxylic acids is 1. The van der Waals surface area contributed by atoms with Crippen LogP contribution in [0.25, 0.3) is 0 Å². The van der Waals surface area contributed by atoms with Crippen LogP contribution in [0.1, 0.15) is 197 Å². The number of hydrogen-bond acceptors (Lipinski definition) is 21. The Morgan fingerprint density at radius 1 is 0.274 bits per heavy atom. The average molecular weight is 1220 g/mol. The average Bonchev–Trinajstić information content (AvgIpc) is 3.45. The number of carboxylic acids is 1. The van der Waals surface area contributed by atoms with E-state index in [0.29, 0.717) is 6.42 Å². The Kier molecular flexibility index (Phi) is 40.9. The minimum atomic E-state index is -2.98. The lowest BCUT2D eigenvalue weighted by molar-refractivity contribution is -0.633. The van der Waals surface area contributed by atoms with E-state index in [4.69, 9.17) is 94.7 Å². The lowest BCUT2D eigenvalue weighted by Gasteiger charge is -2.69. The Balaban J connectivity index is 12.0. The fourth-order valence-corrected chi connectivity index (χ4v) is 11.8. The van der Waals surface area contributed by atoms with Gasteiger partial charge < -0.3 is 99.8 Å². The van der Waals surface area contributed by atoms with Crippen molar-refractivity contribution in [2.45, 2.75) is 255 Å². The highest BCUT2D eigenvalue weighted by Gasteiger charge is 2.95. The molecule has 0 amide bonds. The number of unbranched alkanes of at least 4 members (excludes halogenated alkanes) is 5. The van der Waals surface area contributed by atoms with Gasteiger partial charge >= 0.3 is 5.97 Å². The number of carbonyl (C=O) groups is 1. The third-order valence-corrected chi connectivity index (χ3v) is 13.6. The second-order valence-corrected chi connectivity index (χ2v) is 18.7. The van der Waals surface area contributed by atoms with Crippen LogP contribution in [0.3, 0.4) is 0 Å². The molecular weight excluding hydrogens is 1100 g/mol. The Labute approximate surface area is 508 Å². The monoisotopic (exact) mass is 1220 g/mol. The van der Waals surface area contributed by atoms with Crippen LogP contribution in [0, 0.1) is 0 Å².